The van der Waals surface area contributed by atoms with Crippen LogP contribution in [0.15, 0.2) is 0 Å². The van der Waals surface area contributed by atoms with Crippen molar-refractivity contribution < 1.29 is 0 Å². The normalized spacial score (nSPS) is 16.3. The molecule has 10 heavy (non-hydrogen) atoms. The van der Waals surface area contributed by atoms with Crippen molar-refractivity contribution in [3.8, 4) is 0 Å². The monoisotopic (exact) mass is 274 g/mol. The van der Waals surface area contributed by atoms with Gasteiger partial charge in [0.1, 0.15) is 0 Å². The molecule has 0 saturated carbocycles. The van der Waals surface area contributed by atoms with Gasteiger partial charge >= 0.3 is 78.6 Å². The third-order valence-corrected chi connectivity index (χ3v) is 4.79. The number of unbranched alkanes of at least 4 members (excludes halogenated alkanes) is 2. The molecule has 0 fully saturated rings. The fourth-order valence-electron chi connectivity index (χ4n) is 0.896. The zero-order chi connectivity index (χ0) is 8.28. The molecule has 0 amide bonds. The zero-order valence-electron chi connectivity index (χ0n) is 7.65. The topological polar surface area (TPSA) is 0 Å². The fraction of sp³-hybridized carbons (Fsp3) is 1.00. The third kappa shape index (κ3) is 9.16. The minimum atomic E-state index is -1.18. The van der Waals surface area contributed by atoms with Gasteiger partial charge in [0.25, 0.3) is 0 Å². The second-order valence-corrected chi connectivity index (χ2v) is 21.4. The molecule has 0 heterocycles. The van der Waals surface area contributed by atoms with E-state index in [1.165, 1.54) is 25.4 Å². The first-order valence-electron chi connectivity index (χ1n) is 4.03. The molecule has 0 nitrogen and oxygen atoms in total. The van der Waals surface area contributed by atoms with Gasteiger partial charge in [-0.3, -0.25) is 0 Å². The van der Waals surface area contributed by atoms with Crippen molar-refractivity contribution in [3.63, 3.8) is 0 Å². The van der Waals surface area contributed by atoms with Crippen molar-refractivity contribution in [2.45, 2.75) is 26.2 Å². The standard InChI is InChI=1S/C8H20IP/c1-5-6-7-8-10(2,3,4)9/h5-8H2,1-4H3. The van der Waals surface area contributed by atoms with Crippen LogP contribution in [0.25, 0.3) is 0 Å². The molecule has 0 aliphatic carbocycles. The average molecular weight is 274 g/mol. The number of hydrogen-bond acceptors (Lipinski definition) is 0. The van der Waals surface area contributed by atoms with E-state index in [1.54, 1.807) is 0 Å². The molecule has 0 aromatic carbocycles. The summed E-state index contributed by atoms with van der Waals surface area (Å²) in [7, 11) is 0. The Morgan fingerprint density at radius 1 is 1.10 bits per heavy atom. The Morgan fingerprint density at radius 3 is 1.90 bits per heavy atom. The van der Waals surface area contributed by atoms with E-state index in [4.69, 9.17) is 0 Å². The predicted molar refractivity (Wildman–Crippen MR) is 63.1 cm³/mol. The van der Waals surface area contributed by atoms with Crippen LogP contribution in [0.3, 0.4) is 0 Å². The molecule has 0 unspecified atom stereocenters. The second kappa shape index (κ2) is 3.71. The fourth-order valence-corrected chi connectivity index (χ4v) is 3.21. The van der Waals surface area contributed by atoms with E-state index in [0.717, 1.165) is 0 Å². The van der Waals surface area contributed by atoms with Crippen LogP contribution >= 0.6 is 26.3 Å². The number of rotatable bonds is 4. The van der Waals surface area contributed by atoms with Crippen LogP contribution in [0.5, 0.6) is 0 Å². The molecule has 0 aliphatic rings. The molecule has 0 spiro atoms. The van der Waals surface area contributed by atoms with Gasteiger partial charge in [0, 0.05) is 0 Å². The van der Waals surface area contributed by atoms with Crippen molar-refractivity contribution in [2.75, 3.05) is 26.2 Å². The van der Waals surface area contributed by atoms with Crippen molar-refractivity contribution in [3.05, 3.63) is 0 Å². The molecule has 0 aromatic heterocycles. The van der Waals surface area contributed by atoms with E-state index in [0.29, 0.717) is 0 Å². The molecule has 0 saturated heterocycles. The second-order valence-electron chi connectivity index (χ2n) is 4.35. The Morgan fingerprint density at radius 2 is 1.60 bits per heavy atom. The van der Waals surface area contributed by atoms with Crippen LogP contribution < -0.4 is 0 Å². The Balaban J connectivity index is 3.49. The summed E-state index contributed by atoms with van der Waals surface area (Å²) in [4.78, 5) is 0. The van der Waals surface area contributed by atoms with Gasteiger partial charge in [-0.25, -0.2) is 0 Å². The predicted octanol–water partition coefficient (Wildman–Crippen LogP) is 3.97. The molecular formula is C8H20IP. The van der Waals surface area contributed by atoms with Gasteiger partial charge in [0.05, 0.1) is 0 Å². The van der Waals surface area contributed by atoms with Crippen LogP contribution in [0.4, 0.5) is 0 Å². The molecule has 2 heteroatoms. The Hall–Kier alpha value is 1.16. The van der Waals surface area contributed by atoms with E-state index < -0.39 is 4.25 Å². The van der Waals surface area contributed by atoms with Gasteiger partial charge in [-0.15, -0.1) is 0 Å². The molecule has 0 aromatic rings. The Labute approximate surface area is 78.6 Å². The Bertz CT molecular complexity index is 92.3. The van der Waals surface area contributed by atoms with Gasteiger partial charge in [-0.1, -0.05) is 0 Å². The number of halogens is 1. The molecule has 0 aliphatic heterocycles. The molecule has 0 N–H and O–H groups in total. The van der Waals surface area contributed by atoms with Gasteiger partial charge in [-0.2, -0.15) is 0 Å². The summed E-state index contributed by atoms with van der Waals surface area (Å²) < 4.78 is -1.18. The van der Waals surface area contributed by atoms with Crippen molar-refractivity contribution >= 4 is 26.3 Å². The van der Waals surface area contributed by atoms with E-state index in [2.05, 4.69) is 49.0 Å². The van der Waals surface area contributed by atoms with Crippen molar-refractivity contribution in [2.24, 2.45) is 0 Å². The SMILES string of the molecule is CCCCCP(C)(C)(C)I. The van der Waals surface area contributed by atoms with Crippen LogP contribution in [-0.2, 0) is 0 Å². The average Bonchev–Trinajstić information content (AvgIpc) is 1.61. The van der Waals surface area contributed by atoms with Gasteiger partial charge in [0.15, 0.2) is 0 Å². The summed E-state index contributed by atoms with van der Waals surface area (Å²) in [5, 5.41) is 0. The maximum atomic E-state index is 2.68. The Kier molecular flexibility index (Phi) is 4.14. The van der Waals surface area contributed by atoms with E-state index in [9.17, 15) is 0 Å². The van der Waals surface area contributed by atoms with E-state index in [-0.39, 0.29) is 0 Å². The summed E-state index contributed by atoms with van der Waals surface area (Å²) >= 11 is 2.68. The van der Waals surface area contributed by atoms with Gasteiger partial charge < -0.3 is 0 Å². The third-order valence-electron chi connectivity index (χ3n) is 1.52. The summed E-state index contributed by atoms with van der Waals surface area (Å²) in [5.74, 6) is 0. The summed E-state index contributed by atoms with van der Waals surface area (Å²) in [6.45, 7) is 9.61. The quantitative estimate of drug-likeness (QED) is 0.413. The number of hydrogen-bond donors (Lipinski definition) is 0. The minimum absolute atomic E-state index is 1.18. The van der Waals surface area contributed by atoms with Crippen molar-refractivity contribution in [1.29, 1.82) is 0 Å². The molecule has 0 rings (SSSR count). The molecule has 0 bridgehead atoms. The summed E-state index contributed by atoms with van der Waals surface area (Å²) in [5.41, 5.74) is 0. The molecular weight excluding hydrogens is 254 g/mol. The van der Waals surface area contributed by atoms with Crippen molar-refractivity contribution in [1.82, 2.24) is 0 Å². The molecule has 0 atom stereocenters. The van der Waals surface area contributed by atoms with Gasteiger partial charge in [0.2, 0.25) is 0 Å². The van der Waals surface area contributed by atoms with E-state index in [1.807, 2.05) is 0 Å². The summed E-state index contributed by atoms with van der Waals surface area (Å²) in [6, 6.07) is 0. The first kappa shape index (κ1) is 11.2. The van der Waals surface area contributed by atoms with E-state index >= 15 is 0 Å². The first-order chi connectivity index (χ1) is 4.31. The van der Waals surface area contributed by atoms with Gasteiger partial charge in [-0.05, 0) is 0 Å². The molecule has 64 valence electrons. The zero-order valence-corrected chi connectivity index (χ0v) is 10.7. The maximum absolute atomic E-state index is 2.68. The van der Waals surface area contributed by atoms with Crippen LogP contribution in [0.2, 0.25) is 0 Å². The summed E-state index contributed by atoms with van der Waals surface area (Å²) in [6.07, 6.45) is 5.65. The van der Waals surface area contributed by atoms with Crippen LogP contribution in [-0.4, -0.2) is 26.2 Å². The van der Waals surface area contributed by atoms with Crippen LogP contribution in [0, 0.1) is 0 Å². The van der Waals surface area contributed by atoms with Crippen LogP contribution in [0.1, 0.15) is 26.2 Å². The first-order valence-corrected chi connectivity index (χ1v) is 10.6. The molecule has 0 radical (unpaired) electrons.